The lowest BCUT2D eigenvalue weighted by Crippen LogP contribution is -2.34. The summed E-state index contributed by atoms with van der Waals surface area (Å²) >= 11 is 0. The summed E-state index contributed by atoms with van der Waals surface area (Å²) in [6.07, 6.45) is 5.39. The van der Waals surface area contributed by atoms with Crippen molar-refractivity contribution in [2.45, 2.75) is 32.0 Å². The van der Waals surface area contributed by atoms with Crippen molar-refractivity contribution in [1.82, 2.24) is 0 Å². The zero-order chi connectivity index (χ0) is 9.41. The molecule has 0 amide bonds. The molecule has 1 heterocycles. The second-order valence-corrected chi connectivity index (χ2v) is 5.52. The molecule has 0 aromatic rings. The highest BCUT2D eigenvalue weighted by Crippen LogP contribution is 2.54. The van der Waals surface area contributed by atoms with Gasteiger partial charge in [0.25, 0.3) is 0 Å². The van der Waals surface area contributed by atoms with Gasteiger partial charge in [0, 0.05) is 13.1 Å². The number of rotatable bonds is 0. The Kier molecular flexibility index (Phi) is 2.35. The Labute approximate surface area is 73.0 Å². The Balaban J connectivity index is 2.82. The van der Waals surface area contributed by atoms with Crippen molar-refractivity contribution in [2.24, 2.45) is 0 Å². The lowest BCUT2D eigenvalue weighted by Gasteiger charge is -2.36. The van der Waals surface area contributed by atoms with E-state index in [1.165, 1.54) is 6.66 Å². The van der Waals surface area contributed by atoms with Gasteiger partial charge >= 0.3 is 7.60 Å². The molecule has 0 bridgehead atoms. The zero-order valence-corrected chi connectivity index (χ0v) is 8.43. The predicted molar refractivity (Wildman–Crippen MR) is 47.0 cm³/mol. The maximum absolute atomic E-state index is 11.5. The lowest BCUT2D eigenvalue weighted by molar-refractivity contribution is 0.00115. The van der Waals surface area contributed by atoms with E-state index >= 15 is 0 Å². The highest BCUT2D eigenvalue weighted by atomic mass is 31.2. The van der Waals surface area contributed by atoms with Crippen molar-refractivity contribution in [3.05, 3.63) is 0 Å². The average molecular weight is 188 g/mol. The smallest absolute Gasteiger partial charge is 0.302 e. The van der Waals surface area contributed by atoms with Gasteiger partial charge in [-0.1, -0.05) is 5.92 Å². The van der Waals surface area contributed by atoms with Crippen LogP contribution < -0.4 is 0 Å². The predicted octanol–water partition coefficient (Wildman–Crippen LogP) is 2.03. The fraction of sp³-hybridized carbons (Fsp3) is 0.750. The Hall–Kier alpha value is -0.290. The van der Waals surface area contributed by atoms with E-state index in [4.69, 9.17) is 15.5 Å². The van der Waals surface area contributed by atoms with Gasteiger partial charge in [0.2, 0.25) is 0 Å². The third-order valence-electron chi connectivity index (χ3n) is 1.59. The second-order valence-electron chi connectivity index (χ2n) is 3.59. The SMILES string of the molecule is C#CC1CC(C)(C)OP(C)(=O)O1. The van der Waals surface area contributed by atoms with Crippen LogP contribution in [0.3, 0.4) is 0 Å². The van der Waals surface area contributed by atoms with E-state index in [0.717, 1.165) is 0 Å². The normalized spacial score (nSPS) is 40.3. The van der Waals surface area contributed by atoms with Crippen LogP contribution in [0.15, 0.2) is 0 Å². The van der Waals surface area contributed by atoms with E-state index in [2.05, 4.69) is 5.92 Å². The topological polar surface area (TPSA) is 35.5 Å². The van der Waals surface area contributed by atoms with Crippen LogP contribution in [0.1, 0.15) is 20.3 Å². The molecule has 2 atom stereocenters. The summed E-state index contributed by atoms with van der Waals surface area (Å²) in [5, 5.41) is 0. The van der Waals surface area contributed by atoms with Gasteiger partial charge in [0.15, 0.2) is 0 Å². The van der Waals surface area contributed by atoms with Crippen LogP contribution in [0.2, 0.25) is 0 Å². The van der Waals surface area contributed by atoms with Crippen LogP contribution in [-0.4, -0.2) is 18.4 Å². The van der Waals surface area contributed by atoms with Gasteiger partial charge in [-0.15, -0.1) is 6.42 Å². The summed E-state index contributed by atoms with van der Waals surface area (Å²) in [6, 6.07) is 0. The standard InChI is InChI=1S/C8H13O3P/c1-5-7-6-8(2,3)11-12(4,9)10-7/h1,7H,6H2,2-4H3. The van der Waals surface area contributed by atoms with Crippen LogP contribution >= 0.6 is 7.60 Å². The molecule has 1 aliphatic heterocycles. The molecule has 1 rings (SSSR count). The molecule has 0 N–H and O–H groups in total. The molecule has 0 saturated carbocycles. The first kappa shape index (κ1) is 9.80. The Bertz CT molecular complexity index is 264. The van der Waals surface area contributed by atoms with E-state index in [9.17, 15) is 4.57 Å². The highest BCUT2D eigenvalue weighted by Gasteiger charge is 2.39. The van der Waals surface area contributed by atoms with E-state index < -0.39 is 13.2 Å². The Morgan fingerprint density at radius 3 is 2.67 bits per heavy atom. The molecule has 0 aromatic heterocycles. The van der Waals surface area contributed by atoms with E-state index in [0.29, 0.717) is 6.42 Å². The zero-order valence-electron chi connectivity index (χ0n) is 7.53. The molecule has 0 spiro atoms. The molecular weight excluding hydrogens is 175 g/mol. The molecule has 1 aliphatic rings. The van der Waals surface area contributed by atoms with Crippen molar-refractivity contribution in [1.29, 1.82) is 0 Å². The highest BCUT2D eigenvalue weighted by molar-refractivity contribution is 7.53. The van der Waals surface area contributed by atoms with Gasteiger partial charge in [-0.3, -0.25) is 9.09 Å². The van der Waals surface area contributed by atoms with Crippen LogP contribution in [-0.2, 0) is 13.6 Å². The van der Waals surface area contributed by atoms with Crippen LogP contribution in [0.25, 0.3) is 0 Å². The van der Waals surface area contributed by atoms with E-state index in [-0.39, 0.29) is 6.10 Å². The van der Waals surface area contributed by atoms with Crippen LogP contribution in [0.4, 0.5) is 0 Å². The van der Waals surface area contributed by atoms with Gasteiger partial charge in [0.1, 0.15) is 6.10 Å². The van der Waals surface area contributed by atoms with Crippen molar-refractivity contribution >= 4 is 7.60 Å². The molecule has 1 fully saturated rings. The van der Waals surface area contributed by atoms with Crippen molar-refractivity contribution in [3.8, 4) is 12.3 Å². The van der Waals surface area contributed by atoms with Crippen LogP contribution in [0, 0.1) is 12.3 Å². The second kappa shape index (κ2) is 2.88. The number of hydrogen-bond acceptors (Lipinski definition) is 3. The van der Waals surface area contributed by atoms with E-state index in [1.54, 1.807) is 0 Å². The third-order valence-corrected chi connectivity index (χ3v) is 3.06. The van der Waals surface area contributed by atoms with Crippen molar-refractivity contribution in [3.63, 3.8) is 0 Å². The maximum atomic E-state index is 11.5. The summed E-state index contributed by atoms with van der Waals surface area (Å²) in [5.41, 5.74) is -0.445. The molecule has 1 saturated heterocycles. The molecule has 4 heteroatoms. The molecule has 0 radical (unpaired) electrons. The Morgan fingerprint density at radius 1 is 1.67 bits per heavy atom. The van der Waals surface area contributed by atoms with Gasteiger partial charge in [-0.05, 0) is 13.8 Å². The fourth-order valence-corrected chi connectivity index (χ4v) is 2.92. The van der Waals surface area contributed by atoms with Crippen molar-refractivity contribution in [2.75, 3.05) is 6.66 Å². The fourth-order valence-electron chi connectivity index (χ4n) is 1.31. The maximum Gasteiger partial charge on any atom is 0.329 e. The quantitative estimate of drug-likeness (QED) is 0.431. The van der Waals surface area contributed by atoms with Crippen molar-refractivity contribution < 1.29 is 13.6 Å². The minimum atomic E-state index is -2.92. The molecule has 0 aromatic carbocycles. The van der Waals surface area contributed by atoms with Gasteiger partial charge in [0.05, 0.1) is 5.60 Å². The molecular formula is C8H13O3P. The monoisotopic (exact) mass is 188 g/mol. The number of terminal acetylenes is 1. The first-order chi connectivity index (χ1) is 5.35. The molecule has 68 valence electrons. The Morgan fingerprint density at radius 2 is 2.25 bits per heavy atom. The first-order valence-corrected chi connectivity index (χ1v) is 5.76. The third kappa shape index (κ3) is 2.35. The van der Waals surface area contributed by atoms with Gasteiger partial charge in [-0.2, -0.15) is 0 Å². The lowest BCUT2D eigenvalue weighted by atomic mass is 10.0. The largest absolute Gasteiger partial charge is 0.329 e. The summed E-state index contributed by atoms with van der Waals surface area (Å²) in [5.74, 6) is 2.44. The minimum Gasteiger partial charge on any atom is -0.302 e. The molecule has 3 nitrogen and oxygen atoms in total. The van der Waals surface area contributed by atoms with E-state index in [1.807, 2.05) is 13.8 Å². The number of hydrogen-bond donors (Lipinski definition) is 0. The summed E-state index contributed by atoms with van der Waals surface area (Å²) in [7, 11) is -2.92. The average Bonchev–Trinajstić information content (AvgIpc) is 1.80. The molecule has 12 heavy (non-hydrogen) atoms. The summed E-state index contributed by atoms with van der Waals surface area (Å²) in [6.45, 7) is 5.16. The summed E-state index contributed by atoms with van der Waals surface area (Å²) in [4.78, 5) is 0. The molecule has 2 unspecified atom stereocenters. The summed E-state index contributed by atoms with van der Waals surface area (Å²) < 4.78 is 21.8. The minimum absolute atomic E-state index is 0.385. The van der Waals surface area contributed by atoms with Crippen LogP contribution in [0.5, 0.6) is 0 Å². The van der Waals surface area contributed by atoms with Gasteiger partial charge in [-0.25, -0.2) is 0 Å². The molecule has 0 aliphatic carbocycles. The van der Waals surface area contributed by atoms with Gasteiger partial charge < -0.3 is 4.52 Å². The first-order valence-electron chi connectivity index (χ1n) is 3.77.